The third-order valence-corrected chi connectivity index (χ3v) is 2.69. The van der Waals surface area contributed by atoms with Gasteiger partial charge in [-0.1, -0.05) is 0 Å². The second-order valence-electron chi connectivity index (χ2n) is 3.61. The first-order chi connectivity index (χ1) is 5.74. The summed E-state index contributed by atoms with van der Waals surface area (Å²) in [6.07, 6.45) is 3.86. The molecule has 0 aliphatic heterocycles. The molecule has 1 fully saturated rings. The van der Waals surface area contributed by atoms with E-state index in [4.69, 9.17) is 5.11 Å². The molecule has 0 aromatic heterocycles. The lowest BCUT2D eigenvalue weighted by Gasteiger charge is -2.25. The molecule has 13 heavy (non-hydrogen) atoms. The summed E-state index contributed by atoms with van der Waals surface area (Å²) in [7, 11) is 1.95. The SMILES string of the molecule is CNCC1CCC(C(=O)O)CC1.Cl. The van der Waals surface area contributed by atoms with E-state index in [1.807, 2.05) is 7.05 Å². The van der Waals surface area contributed by atoms with Gasteiger partial charge in [0.2, 0.25) is 0 Å². The van der Waals surface area contributed by atoms with Gasteiger partial charge < -0.3 is 10.4 Å². The highest BCUT2D eigenvalue weighted by atomic mass is 35.5. The maximum atomic E-state index is 10.6. The molecule has 1 rings (SSSR count). The highest BCUT2D eigenvalue weighted by Gasteiger charge is 2.25. The molecule has 0 atom stereocenters. The summed E-state index contributed by atoms with van der Waals surface area (Å²) in [4.78, 5) is 10.6. The molecule has 3 nitrogen and oxygen atoms in total. The molecule has 78 valence electrons. The van der Waals surface area contributed by atoms with Crippen molar-refractivity contribution in [3.8, 4) is 0 Å². The van der Waals surface area contributed by atoms with Crippen LogP contribution in [0.3, 0.4) is 0 Å². The largest absolute Gasteiger partial charge is 0.481 e. The number of hydrogen-bond donors (Lipinski definition) is 2. The van der Waals surface area contributed by atoms with Crippen molar-refractivity contribution in [3.05, 3.63) is 0 Å². The van der Waals surface area contributed by atoms with Crippen molar-refractivity contribution in [2.45, 2.75) is 25.7 Å². The molecule has 0 unspecified atom stereocenters. The monoisotopic (exact) mass is 207 g/mol. The Bertz CT molecular complexity index is 156. The van der Waals surface area contributed by atoms with Crippen LogP contribution >= 0.6 is 12.4 Å². The van der Waals surface area contributed by atoms with E-state index < -0.39 is 5.97 Å². The molecule has 0 radical (unpaired) electrons. The van der Waals surface area contributed by atoms with E-state index in [9.17, 15) is 4.79 Å². The average Bonchev–Trinajstić information content (AvgIpc) is 2.06. The van der Waals surface area contributed by atoms with E-state index in [2.05, 4.69) is 5.32 Å². The molecule has 4 heteroatoms. The lowest BCUT2D eigenvalue weighted by molar-refractivity contribution is -0.143. The van der Waals surface area contributed by atoms with Crippen molar-refractivity contribution < 1.29 is 9.90 Å². The fourth-order valence-electron chi connectivity index (χ4n) is 1.90. The maximum Gasteiger partial charge on any atom is 0.306 e. The van der Waals surface area contributed by atoms with Crippen LogP contribution < -0.4 is 5.32 Å². The van der Waals surface area contributed by atoms with Gasteiger partial charge >= 0.3 is 5.97 Å². The van der Waals surface area contributed by atoms with Crippen LogP contribution in [0, 0.1) is 11.8 Å². The molecular formula is C9H18ClNO2. The molecule has 0 aromatic carbocycles. The van der Waals surface area contributed by atoms with Crippen molar-refractivity contribution in [1.82, 2.24) is 5.32 Å². The summed E-state index contributed by atoms with van der Waals surface area (Å²) >= 11 is 0. The van der Waals surface area contributed by atoms with Gasteiger partial charge in [-0.25, -0.2) is 0 Å². The second-order valence-corrected chi connectivity index (χ2v) is 3.61. The second kappa shape index (κ2) is 6.22. The summed E-state index contributed by atoms with van der Waals surface area (Å²) < 4.78 is 0. The van der Waals surface area contributed by atoms with Gasteiger partial charge in [0.25, 0.3) is 0 Å². The van der Waals surface area contributed by atoms with Crippen molar-refractivity contribution >= 4 is 18.4 Å². The van der Waals surface area contributed by atoms with Crippen LogP contribution in [0.2, 0.25) is 0 Å². The quantitative estimate of drug-likeness (QED) is 0.738. The smallest absolute Gasteiger partial charge is 0.306 e. The van der Waals surface area contributed by atoms with Gasteiger partial charge in [0.05, 0.1) is 5.92 Å². The van der Waals surface area contributed by atoms with Gasteiger partial charge in [-0.2, -0.15) is 0 Å². The Kier molecular flexibility index (Phi) is 6.08. The van der Waals surface area contributed by atoms with Crippen LogP contribution in [0.1, 0.15) is 25.7 Å². The summed E-state index contributed by atoms with van der Waals surface area (Å²) in [5.41, 5.74) is 0. The Morgan fingerprint density at radius 3 is 2.31 bits per heavy atom. The van der Waals surface area contributed by atoms with E-state index in [1.165, 1.54) is 0 Å². The van der Waals surface area contributed by atoms with E-state index in [-0.39, 0.29) is 18.3 Å². The molecule has 0 saturated heterocycles. The standard InChI is InChI=1S/C9H17NO2.ClH/c1-10-6-7-2-4-8(5-3-7)9(11)12;/h7-8,10H,2-6H2,1H3,(H,11,12);1H. The molecule has 0 heterocycles. The zero-order valence-electron chi connectivity index (χ0n) is 7.95. The Balaban J connectivity index is 0.00000144. The minimum atomic E-state index is -0.613. The molecule has 0 amide bonds. The summed E-state index contributed by atoms with van der Waals surface area (Å²) in [6, 6.07) is 0. The first-order valence-corrected chi connectivity index (χ1v) is 4.61. The van der Waals surface area contributed by atoms with Crippen LogP contribution in [0.4, 0.5) is 0 Å². The minimum absolute atomic E-state index is 0. The van der Waals surface area contributed by atoms with Gasteiger partial charge in [0.1, 0.15) is 0 Å². The molecular weight excluding hydrogens is 190 g/mol. The fourth-order valence-corrected chi connectivity index (χ4v) is 1.90. The highest BCUT2D eigenvalue weighted by molar-refractivity contribution is 5.85. The zero-order chi connectivity index (χ0) is 8.97. The van der Waals surface area contributed by atoms with Crippen molar-refractivity contribution in [1.29, 1.82) is 0 Å². The summed E-state index contributed by atoms with van der Waals surface area (Å²) in [5, 5.41) is 11.9. The highest BCUT2D eigenvalue weighted by Crippen LogP contribution is 2.28. The minimum Gasteiger partial charge on any atom is -0.481 e. The van der Waals surface area contributed by atoms with Crippen LogP contribution in [0.5, 0.6) is 0 Å². The lowest BCUT2D eigenvalue weighted by Crippen LogP contribution is -2.26. The molecule has 1 saturated carbocycles. The van der Waals surface area contributed by atoms with Crippen molar-refractivity contribution in [2.75, 3.05) is 13.6 Å². The lowest BCUT2D eigenvalue weighted by atomic mass is 9.82. The fraction of sp³-hybridized carbons (Fsp3) is 0.889. The Morgan fingerprint density at radius 1 is 1.38 bits per heavy atom. The number of carbonyl (C=O) groups is 1. The van der Waals surface area contributed by atoms with Gasteiger partial charge in [-0.15, -0.1) is 12.4 Å². The van der Waals surface area contributed by atoms with Crippen LogP contribution in [0.15, 0.2) is 0 Å². The Labute approximate surface area is 85.3 Å². The van der Waals surface area contributed by atoms with E-state index in [0.717, 1.165) is 32.2 Å². The number of carboxylic acid groups (broad SMARTS) is 1. The van der Waals surface area contributed by atoms with Gasteiger partial charge in [0, 0.05) is 0 Å². The van der Waals surface area contributed by atoms with Crippen molar-refractivity contribution in [3.63, 3.8) is 0 Å². The van der Waals surface area contributed by atoms with Crippen molar-refractivity contribution in [2.24, 2.45) is 11.8 Å². The van der Waals surface area contributed by atoms with Gasteiger partial charge in [-0.3, -0.25) is 4.79 Å². The number of rotatable bonds is 3. The number of halogens is 1. The topological polar surface area (TPSA) is 49.3 Å². The average molecular weight is 208 g/mol. The van der Waals surface area contributed by atoms with Crippen LogP contribution in [-0.4, -0.2) is 24.7 Å². The third-order valence-electron chi connectivity index (χ3n) is 2.69. The van der Waals surface area contributed by atoms with Crippen LogP contribution in [0.25, 0.3) is 0 Å². The Morgan fingerprint density at radius 2 is 1.92 bits per heavy atom. The maximum absolute atomic E-state index is 10.6. The molecule has 2 N–H and O–H groups in total. The van der Waals surface area contributed by atoms with E-state index in [1.54, 1.807) is 0 Å². The molecule has 0 bridgehead atoms. The number of hydrogen-bond acceptors (Lipinski definition) is 2. The predicted octanol–water partition coefficient (Wildman–Crippen LogP) is 1.52. The molecule has 1 aliphatic carbocycles. The predicted molar refractivity (Wildman–Crippen MR) is 54.3 cm³/mol. The number of carboxylic acids is 1. The van der Waals surface area contributed by atoms with Crippen LogP contribution in [-0.2, 0) is 4.79 Å². The zero-order valence-corrected chi connectivity index (χ0v) is 8.77. The van der Waals surface area contributed by atoms with E-state index >= 15 is 0 Å². The van der Waals surface area contributed by atoms with Gasteiger partial charge in [-0.05, 0) is 45.2 Å². The first kappa shape index (κ1) is 12.7. The summed E-state index contributed by atoms with van der Waals surface area (Å²) in [5.74, 6) is 0.0154. The number of aliphatic carboxylic acids is 1. The summed E-state index contributed by atoms with van der Waals surface area (Å²) in [6.45, 7) is 1.03. The first-order valence-electron chi connectivity index (χ1n) is 4.61. The third kappa shape index (κ3) is 3.96. The molecule has 0 aromatic rings. The van der Waals surface area contributed by atoms with Gasteiger partial charge in [0.15, 0.2) is 0 Å². The molecule has 1 aliphatic rings. The normalized spacial score (nSPS) is 27.8. The molecule has 0 spiro atoms. The number of nitrogens with one attached hydrogen (secondary N) is 1. The van der Waals surface area contributed by atoms with E-state index in [0.29, 0.717) is 5.92 Å². The Hall–Kier alpha value is -0.280.